The van der Waals surface area contributed by atoms with Gasteiger partial charge < -0.3 is 5.73 Å². The Morgan fingerprint density at radius 3 is 2.94 bits per heavy atom. The van der Waals surface area contributed by atoms with E-state index in [-0.39, 0.29) is 6.04 Å². The summed E-state index contributed by atoms with van der Waals surface area (Å²) in [5.41, 5.74) is 7.84. The topological polar surface area (TPSA) is 68.2 Å². The summed E-state index contributed by atoms with van der Waals surface area (Å²) in [6, 6.07) is 0.672. The Labute approximate surface area is 95.9 Å². The number of rotatable bonds is 3. The van der Waals surface area contributed by atoms with Crippen LogP contribution < -0.4 is 5.73 Å². The maximum absolute atomic E-state index is 6.02. The van der Waals surface area contributed by atoms with E-state index in [4.69, 9.17) is 10.4 Å². The van der Waals surface area contributed by atoms with Crippen molar-refractivity contribution >= 4 is 0 Å². The van der Waals surface area contributed by atoms with Gasteiger partial charge in [-0.15, -0.1) is 0 Å². The molecule has 1 fully saturated rings. The third kappa shape index (κ3) is 2.41. The van der Waals surface area contributed by atoms with Crippen molar-refractivity contribution in [3.05, 3.63) is 11.4 Å². The zero-order valence-corrected chi connectivity index (χ0v) is 10.0. The van der Waals surface area contributed by atoms with Gasteiger partial charge in [-0.3, -0.25) is 4.90 Å². The van der Waals surface area contributed by atoms with Crippen molar-refractivity contribution in [2.45, 2.75) is 51.7 Å². The molecule has 5 heteroatoms. The number of nitrogens with zero attached hydrogens (tertiary/aromatic N) is 3. The monoisotopic (exact) mass is 224 g/mol. The van der Waals surface area contributed by atoms with Crippen LogP contribution in [0, 0.1) is 6.92 Å². The minimum Gasteiger partial charge on any atom is -0.327 e. The lowest BCUT2D eigenvalue weighted by Crippen LogP contribution is -2.48. The third-order valence-electron chi connectivity index (χ3n) is 3.37. The molecule has 16 heavy (non-hydrogen) atoms. The van der Waals surface area contributed by atoms with E-state index in [9.17, 15) is 0 Å². The fourth-order valence-corrected chi connectivity index (χ4v) is 2.39. The first-order valence-electron chi connectivity index (χ1n) is 5.96. The van der Waals surface area contributed by atoms with E-state index < -0.39 is 0 Å². The Morgan fingerprint density at radius 2 is 2.31 bits per heavy atom. The van der Waals surface area contributed by atoms with Crippen LogP contribution in [0.2, 0.25) is 0 Å². The molecule has 2 atom stereocenters. The van der Waals surface area contributed by atoms with Gasteiger partial charge in [-0.1, -0.05) is 16.7 Å². The van der Waals surface area contributed by atoms with E-state index >= 15 is 0 Å². The molecule has 1 saturated heterocycles. The van der Waals surface area contributed by atoms with Crippen LogP contribution >= 0.6 is 0 Å². The van der Waals surface area contributed by atoms with Gasteiger partial charge in [-0.25, -0.2) is 4.63 Å². The summed E-state index contributed by atoms with van der Waals surface area (Å²) < 4.78 is 4.72. The molecule has 0 aliphatic carbocycles. The summed E-state index contributed by atoms with van der Waals surface area (Å²) in [7, 11) is 0. The first-order valence-corrected chi connectivity index (χ1v) is 5.96. The van der Waals surface area contributed by atoms with Crippen molar-refractivity contribution in [2.24, 2.45) is 5.73 Å². The molecular weight excluding hydrogens is 204 g/mol. The van der Waals surface area contributed by atoms with E-state index in [1.807, 2.05) is 6.92 Å². The maximum Gasteiger partial charge on any atom is 0.122 e. The molecule has 0 spiro atoms. The highest BCUT2D eigenvalue weighted by Gasteiger charge is 2.26. The molecule has 2 heterocycles. The number of hydrogen-bond donors (Lipinski definition) is 1. The smallest absolute Gasteiger partial charge is 0.122 e. The Morgan fingerprint density at radius 1 is 1.50 bits per heavy atom. The van der Waals surface area contributed by atoms with Crippen molar-refractivity contribution in [3.63, 3.8) is 0 Å². The molecular formula is C11H20N4O. The lowest BCUT2D eigenvalue weighted by molar-refractivity contribution is 0.119. The van der Waals surface area contributed by atoms with Crippen LogP contribution in [-0.2, 0) is 6.54 Å². The number of piperidine rings is 1. The standard InChI is InChI=1S/C11H20N4O/c1-8(12)11-5-3-4-6-15(11)7-10-9(2)13-16-14-10/h8,11H,3-7,12H2,1-2H3. The first kappa shape index (κ1) is 11.5. The highest BCUT2D eigenvalue weighted by Crippen LogP contribution is 2.21. The van der Waals surface area contributed by atoms with E-state index in [0.29, 0.717) is 6.04 Å². The highest BCUT2D eigenvalue weighted by atomic mass is 16.6. The van der Waals surface area contributed by atoms with Crippen LogP contribution in [-0.4, -0.2) is 33.8 Å². The van der Waals surface area contributed by atoms with E-state index in [2.05, 4.69) is 22.1 Å². The molecule has 0 bridgehead atoms. The minimum absolute atomic E-state index is 0.209. The fourth-order valence-electron chi connectivity index (χ4n) is 2.39. The quantitative estimate of drug-likeness (QED) is 0.832. The second kappa shape index (κ2) is 4.93. The van der Waals surface area contributed by atoms with Gasteiger partial charge in [0, 0.05) is 18.6 Å². The summed E-state index contributed by atoms with van der Waals surface area (Å²) in [5.74, 6) is 0. The first-order chi connectivity index (χ1) is 7.68. The SMILES string of the molecule is Cc1nonc1CN1CCCCC1C(C)N. The minimum atomic E-state index is 0.209. The molecule has 2 rings (SSSR count). The average Bonchev–Trinajstić information content (AvgIpc) is 2.65. The lowest BCUT2D eigenvalue weighted by atomic mass is 9.97. The van der Waals surface area contributed by atoms with Crippen molar-refractivity contribution in [2.75, 3.05) is 6.54 Å². The van der Waals surface area contributed by atoms with Crippen molar-refractivity contribution in [3.8, 4) is 0 Å². The number of aryl methyl sites for hydroxylation is 1. The van der Waals surface area contributed by atoms with E-state index in [1.54, 1.807) is 0 Å². The molecule has 1 aliphatic heterocycles. The predicted octanol–water partition coefficient (Wildman–Crippen LogP) is 1.08. The van der Waals surface area contributed by atoms with Crippen molar-refractivity contribution in [1.82, 2.24) is 15.2 Å². The van der Waals surface area contributed by atoms with Gasteiger partial charge in [-0.05, 0) is 33.2 Å². The number of aromatic nitrogens is 2. The third-order valence-corrected chi connectivity index (χ3v) is 3.37. The molecule has 2 unspecified atom stereocenters. The van der Waals surface area contributed by atoms with Gasteiger partial charge >= 0.3 is 0 Å². The molecule has 0 amide bonds. The summed E-state index contributed by atoms with van der Waals surface area (Å²) >= 11 is 0. The second-order valence-electron chi connectivity index (χ2n) is 4.69. The van der Waals surface area contributed by atoms with Crippen LogP contribution in [0.15, 0.2) is 4.63 Å². The number of likely N-dealkylation sites (tertiary alicyclic amines) is 1. The van der Waals surface area contributed by atoms with Gasteiger partial charge in [0.05, 0.1) is 0 Å². The molecule has 1 aliphatic rings. The Balaban J connectivity index is 2.04. The normalized spacial score (nSPS) is 24.6. The number of hydrogen-bond acceptors (Lipinski definition) is 5. The maximum atomic E-state index is 6.02. The van der Waals surface area contributed by atoms with Gasteiger partial charge in [0.2, 0.25) is 0 Å². The Bertz CT molecular complexity index is 336. The molecule has 0 radical (unpaired) electrons. The van der Waals surface area contributed by atoms with Crippen molar-refractivity contribution in [1.29, 1.82) is 0 Å². The van der Waals surface area contributed by atoms with Crippen LogP contribution in [0.3, 0.4) is 0 Å². The van der Waals surface area contributed by atoms with Gasteiger partial charge in [0.25, 0.3) is 0 Å². The molecule has 2 N–H and O–H groups in total. The summed E-state index contributed by atoms with van der Waals surface area (Å²) in [5, 5.41) is 7.74. The summed E-state index contributed by atoms with van der Waals surface area (Å²) in [4.78, 5) is 2.40. The molecule has 0 saturated carbocycles. The zero-order valence-electron chi connectivity index (χ0n) is 10.0. The van der Waals surface area contributed by atoms with Gasteiger partial charge in [0.15, 0.2) is 0 Å². The van der Waals surface area contributed by atoms with Crippen molar-refractivity contribution < 1.29 is 4.63 Å². The second-order valence-corrected chi connectivity index (χ2v) is 4.69. The molecule has 1 aromatic heterocycles. The molecule has 0 aromatic carbocycles. The van der Waals surface area contributed by atoms with Gasteiger partial charge in [-0.2, -0.15) is 0 Å². The molecule has 1 aromatic rings. The molecule has 5 nitrogen and oxygen atoms in total. The summed E-state index contributed by atoms with van der Waals surface area (Å²) in [6.45, 7) is 5.91. The van der Waals surface area contributed by atoms with E-state index in [0.717, 1.165) is 24.5 Å². The number of nitrogens with two attached hydrogens (primary N) is 1. The van der Waals surface area contributed by atoms with Crippen LogP contribution in [0.25, 0.3) is 0 Å². The Kier molecular flexibility index (Phi) is 3.56. The Hall–Kier alpha value is -0.940. The fraction of sp³-hybridized carbons (Fsp3) is 0.818. The van der Waals surface area contributed by atoms with Gasteiger partial charge in [0.1, 0.15) is 11.4 Å². The van der Waals surface area contributed by atoms with Crippen LogP contribution in [0.4, 0.5) is 0 Å². The highest BCUT2D eigenvalue weighted by molar-refractivity contribution is 5.05. The van der Waals surface area contributed by atoms with Crippen LogP contribution in [0.5, 0.6) is 0 Å². The predicted molar refractivity (Wildman–Crippen MR) is 60.7 cm³/mol. The van der Waals surface area contributed by atoms with E-state index in [1.165, 1.54) is 19.3 Å². The molecule has 90 valence electrons. The lowest BCUT2D eigenvalue weighted by Gasteiger charge is -2.37. The zero-order chi connectivity index (χ0) is 11.5. The van der Waals surface area contributed by atoms with Crippen LogP contribution in [0.1, 0.15) is 37.6 Å². The average molecular weight is 224 g/mol. The largest absolute Gasteiger partial charge is 0.327 e. The summed E-state index contributed by atoms with van der Waals surface area (Å²) in [6.07, 6.45) is 3.70.